The molecule has 0 aliphatic carbocycles. The Balaban J connectivity index is 1.60. The molecule has 1 saturated heterocycles. The van der Waals surface area contributed by atoms with Gasteiger partial charge in [0.15, 0.2) is 16.6 Å². The Morgan fingerprint density at radius 2 is 1.92 bits per heavy atom. The molecule has 4 rings (SSSR count). The van der Waals surface area contributed by atoms with Crippen molar-refractivity contribution in [2.24, 2.45) is 0 Å². The van der Waals surface area contributed by atoms with Crippen LogP contribution in [0, 0.1) is 5.82 Å². The fourth-order valence-corrected chi connectivity index (χ4v) is 3.67. The van der Waals surface area contributed by atoms with Gasteiger partial charge < -0.3 is 19.0 Å². The molecule has 0 unspecified atom stereocenters. The summed E-state index contributed by atoms with van der Waals surface area (Å²) in [7, 11) is 0. The maximum atomic E-state index is 14.3. The summed E-state index contributed by atoms with van der Waals surface area (Å²) < 4.78 is 30.9. The zero-order valence-corrected chi connectivity index (χ0v) is 19.6. The first-order valence-electron chi connectivity index (χ1n) is 10.7. The van der Waals surface area contributed by atoms with Gasteiger partial charge in [0.1, 0.15) is 23.8 Å². The van der Waals surface area contributed by atoms with Gasteiger partial charge in [0.05, 0.1) is 12.3 Å². The third kappa shape index (κ3) is 5.10. The zero-order valence-electron chi connectivity index (χ0n) is 18.8. The Hall–Kier alpha value is -4.51. The normalized spacial score (nSPS) is 14.7. The molecule has 9 nitrogen and oxygen atoms in total. The van der Waals surface area contributed by atoms with Crippen molar-refractivity contribution in [3.05, 3.63) is 83.1 Å². The lowest BCUT2D eigenvalue weighted by Crippen LogP contribution is -2.54. The van der Waals surface area contributed by atoms with Crippen LogP contribution in [0.15, 0.2) is 64.6 Å². The number of carbonyl (C=O) groups is 3. The van der Waals surface area contributed by atoms with E-state index in [0.29, 0.717) is 29.4 Å². The number of halogens is 1. The SMILES string of the molecule is CCOc1cc(C=C2C(=O)NC(=S)N(c3ccccc3F)C2=O)ccc1OCc1ccc(C(=O)O)o1. The summed E-state index contributed by atoms with van der Waals surface area (Å²) in [5.41, 5.74) is 0.109. The summed E-state index contributed by atoms with van der Waals surface area (Å²) in [4.78, 5) is 37.6. The highest BCUT2D eigenvalue weighted by atomic mass is 32.1. The van der Waals surface area contributed by atoms with Crippen molar-refractivity contribution in [3.63, 3.8) is 0 Å². The number of ether oxygens (including phenoxy) is 2. The highest BCUT2D eigenvalue weighted by molar-refractivity contribution is 7.80. The van der Waals surface area contributed by atoms with Crippen LogP contribution in [-0.4, -0.2) is 34.6 Å². The maximum absolute atomic E-state index is 14.3. The van der Waals surface area contributed by atoms with Crippen LogP contribution in [0.5, 0.6) is 11.5 Å². The topological polar surface area (TPSA) is 118 Å². The number of aromatic carboxylic acids is 1. The van der Waals surface area contributed by atoms with Crippen LogP contribution in [0.4, 0.5) is 10.1 Å². The van der Waals surface area contributed by atoms with Crippen molar-refractivity contribution in [2.75, 3.05) is 11.5 Å². The first-order chi connectivity index (χ1) is 17.3. The highest BCUT2D eigenvalue weighted by Crippen LogP contribution is 2.31. The van der Waals surface area contributed by atoms with Crippen LogP contribution in [0.2, 0.25) is 0 Å². The molecule has 2 N–H and O–H groups in total. The van der Waals surface area contributed by atoms with Gasteiger partial charge in [-0.1, -0.05) is 18.2 Å². The van der Waals surface area contributed by atoms with Gasteiger partial charge in [-0.2, -0.15) is 0 Å². The lowest BCUT2D eigenvalue weighted by atomic mass is 10.1. The largest absolute Gasteiger partial charge is 0.490 e. The van der Waals surface area contributed by atoms with Crippen molar-refractivity contribution in [3.8, 4) is 11.5 Å². The molecule has 0 bridgehead atoms. The predicted octanol–water partition coefficient (Wildman–Crippen LogP) is 3.93. The minimum absolute atomic E-state index is 0.0519. The zero-order chi connectivity index (χ0) is 25.8. The van der Waals surface area contributed by atoms with Gasteiger partial charge >= 0.3 is 5.97 Å². The van der Waals surface area contributed by atoms with Crippen LogP contribution < -0.4 is 19.7 Å². The van der Waals surface area contributed by atoms with Crippen molar-refractivity contribution in [2.45, 2.75) is 13.5 Å². The van der Waals surface area contributed by atoms with Crippen molar-refractivity contribution in [1.29, 1.82) is 0 Å². The monoisotopic (exact) mass is 510 g/mol. The smallest absolute Gasteiger partial charge is 0.371 e. The number of para-hydroxylation sites is 1. The number of thiocarbonyl (C=S) groups is 1. The Bertz CT molecular complexity index is 1400. The van der Waals surface area contributed by atoms with Crippen molar-refractivity contribution < 1.29 is 37.8 Å². The van der Waals surface area contributed by atoms with E-state index in [0.717, 1.165) is 4.90 Å². The first kappa shape index (κ1) is 24.6. The van der Waals surface area contributed by atoms with Gasteiger partial charge in [-0.3, -0.25) is 14.9 Å². The number of furan rings is 1. The highest BCUT2D eigenvalue weighted by Gasteiger charge is 2.35. The second-order valence-electron chi connectivity index (χ2n) is 7.41. The molecule has 0 atom stereocenters. The first-order valence-corrected chi connectivity index (χ1v) is 11.1. The van der Waals surface area contributed by atoms with Crippen LogP contribution >= 0.6 is 12.2 Å². The molecule has 11 heteroatoms. The molecule has 1 aromatic heterocycles. The van der Waals surface area contributed by atoms with Gasteiger partial charge in [0, 0.05) is 0 Å². The number of nitrogens with zero attached hydrogens (tertiary/aromatic N) is 1. The average molecular weight is 510 g/mol. The second-order valence-corrected chi connectivity index (χ2v) is 7.79. The van der Waals surface area contributed by atoms with E-state index in [4.69, 9.17) is 31.2 Å². The van der Waals surface area contributed by atoms with Crippen LogP contribution in [0.25, 0.3) is 6.08 Å². The number of carboxylic acids is 1. The molecule has 184 valence electrons. The van der Waals surface area contributed by atoms with E-state index in [2.05, 4.69) is 5.32 Å². The summed E-state index contributed by atoms with van der Waals surface area (Å²) in [6.45, 7) is 2.02. The third-order valence-corrected chi connectivity index (χ3v) is 5.30. The Morgan fingerprint density at radius 1 is 1.14 bits per heavy atom. The number of hydrogen-bond donors (Lipinski definition) is 2. The molecule has 0 spiro atoms. The molecule has 0 saturated carbocycles. The molecule has 2 amide bonds. The van der Waals surface area contributed by atoms with E-state index in [1.54, 1.807) is 31.2 Å². The van der Waals surface area contributed by atoms with E-state index in [1.807, 2.05) is 0 Å². The number of nitrogens with one attached hydrogen (secondary N) is 1. The lowest BCUT2D eigenvalue weighted by Gasteiger charge is -2.29. The molecule has 1 fully saturated rings. The van der Waals surface area contributed by atoms with Crippen LogP contribution in [0.3, 0.4) is 0 Å². The quantitative estimate of drug-likeness (QED) is 0.266. The van der Waals surface area contributed by atoms with E-state index >= 15 is 0 Å². The Morgan fingerprint density at radius 3 is 2.61 bits per heavy atom. The molecule has 0 radical (unpaired) electrons. The van der Waals surface area contributed by atoms with Crippen LogP contribution in [-0.2, 0) is 16.2 Å². The number of rotatable bonds is 8. The number of benzene rings is 2. The number of hydrogen-bond acceptors (Lipinski definition) is 7. The van der Waals surface area contributed by atoms with E-state index in [9.17, 15) is 18.8 Å². The summed E-state index contributed by atoms with van der Waals surface area (Å²) >= 11 is 5.10. The standard InChI is InChI=1S/C25H19FN2O7S/c1-2-33-21-12-14(7-9-19(21)34-13-15-8-10-20(35-15)24(31)32)11-16-22(29)27-25(36)28(23(16)30)18-6-4-3-5-17(18)26/h3-12H,2,13H2,1H3,(H,31,32)(H,27,29,36). The van der Waals surface area contributed by atoms with Crippen molar-refractivity contribution >= 4 is 46.9 Å². The number of amides is 2. The fourth-order valence-electron chi connectivity index (χ4n) is 3.40. The van der Waals surface area contributed by atoms with Gasteiger partial charge in [-0.25, -0.2) is 14.1 Å². The van der Waals surface area contributed by atoms with Crippen molar-refractivity contribution in [1.82, 2.24) is 5.32 Å². The molecule has 1 aliphatic rings. The van der Waals surface area contributed by atoms with Gasteiger partial charge in [0.2, 0.25) is 5.76 Å². The minimum Gasteiger partial charge on any atom is -0.490 e. The Labute approximate surface area is 209 Å². The molecule has 36 heavy (non-hydrogen) atoms. The molecule has 3 aromatic rings. The third-order valence-electron chi connectivity index (χ3n) is 5.02. The number of carbonyl (C=O) groups excluding carboxylic acids is 2. The van der Waals surface area contributed by atoms with Gasteiger partial charge in [0.25, 0.3) is 11.8 Å². The van der Waals surface area contributed by atoms with Gasteiger partial charge in [-0.05, 0) is 67.2 Å². The number of carboxylic acid groups (broad SMARTS) is 1. The fraction of sp³-hybridized carbons (Fsp3) is 0.120. The summed E-state index contributed by atoms with van der Waals surface area (Å²) in [5.74, 6) is -2.61. The minimum atomic E-state index is -1.19. The molecule has 1 aliphatic heterocycles. The Kier molecular flexibility index (Phi) is 7.11. The summed E-state index contributed by atoms with van der Waals surface area (Å²) in [6, 6.07) is 13.1. The predicted molar refractivity (Wildman–Crippen MR) is 130 cm³/mol. The van der Waals surface area contributed by atoms with E-state index < -0.39 is 23.6 Å². The molecular weight excluding hydrogens is 491 g/mol. The maximum Gasteiger partial charge on any atom is 0.371 e. The van der Waals surface area contributed by atoms with Crippen LogP contribution in [0.1, 0.15) is 28.8 Å². The second kappa shape index (κ2) is 10.4. The molecular formula is C25H19FN2O7S. The van der Waals surface area contributed by atoms with E-state index in [-0.39, 0.29) is 28.7 Å². The average Bonchev–Trinajstić information content (AvgIpc) is 3.32. The number of anilines is 1. The van der Waals surface area contributed by atoms with E-state index in [1.165, 1.54) is 36.4 Å². The van der Waals surface area contributed by atoms with Gasteiger partial charge in [-0.15, -0.1) is 0 Å². The molecule has 2 heterocycles. The summed E-state index contributed by atoms with van der Waals surface area (Å²) in [6.07, 6.45) is 1.34. The molecule has 2 aromatic carbocycles. The lowest BCUT2D eigenvalue weighted by molar-refractivity contribution is -0.122. The summed E-state index contributed by atoms with van der Waals surface area (Å²) in [5, 5.41) is 11.2.